The van der Waals surface area contributed by atoms with E-state index in [1.165, 1.54) is 25.2 Å². The zero-order chi connectivity index (χ0) is 18.2. The van der Waals surface area contributed by atoms with Gasteiger partial charge < -0.3 is 10.6 Å². The van der Waals surface area contributed by atoms with Crippen LogP contribution in [-0.4, -0.2) is 27.8 Å². The first kappa shape index (κ1) is 18.0. The molecule has 2 N–H and O–H groups in total. The molecule has 0 aliphatic heterocycles. The molecule has 0 bridgehead atoms. The van der Waals surface area contributed by atoms with Crippen molar-refractivity contribution in [3.63, 3.8) is 0 Å². The maximum absolute atomic E-state index is 12.5. The molecular weight excluding hydrogens is 328 g/mol. The summed E-state index contributed by atoms with van der Waals surface area (Å²) in [5, 5.41) is 5.88. The number of nitrogens with one attached hydrogen (secondary N) is 2. The van der Waals surface area contributed by atoms with Crippen LogP contribution in [0, 0.1) is 0 Å². The molecule has 6 heteroatoms. The van der Waals surface area contributed by atoms with Crippen LogP contribution >= 0.6 is 0 Å². The van der Waals surface area contributed by atoms with E-state index >= 15 is 0 Å². The molecule has 1 fully saturated rings. The largest absolute Gasteiger partial charge is 0.349 e. The first-order valence-electron chi connectivity index (χ1n) is 9.16. The van der Waals surface area contributed by atoms with E-state index in [9.17, 15) is 9.59 Å². The van der Waals surface area contributed by atoms with E-state index in [1.54, 1.807) is 12.3 Å². The van der Waals surface area contributed by atoms with Gasteiger partial charge in [0.25, 0.3) is 11.8 Å². The van der Waals surface area contributed by atoms with Gasteiger partial charge in [0.05, 0.1) is 23.4 Å². The van der Waals surface area contributed by atoms with Gasteiger partial charge in [-0.25, -0.2) is 0 Å². The highest BCUT2D eigenvalue weighted by Gasteiger charge is 2.17. The fourth-order valence-corrected chi connectivity index (χ4v) is 3.16. The lowest BCUT2D eigenvalue weighted by Gasteiger charge is -2.16. The zero-order valence-electron chi connectivity index (χ0n) is 14.8. The Bertz CT molecular complexity index is 740. The molecule has 26 heavy (non-hydrogen) atoms. The van der Waals surface area contributed by atoms with Crippen molar-refractivity contribution >= 4 is 11.8 Å². The molecule has 0 aromatic carbocycles. The molecule has 2 aromatic rings. The van der Waals surface area contributed by atoms with Gasteiger partial charge in [-0.15, -0.1) is 0 Å². The van der Waals surface area contributed by atoms with Crippen LogP contribution in [0.4, 0.5) is 0 Å². The van der Waals surface area contributed by atoms with Gasteiger partial charge in [0.1, 0.15) is 0 Å². The van der Waals surface area contributed by atoms with Crippen molar-refractivity contribution in [3.05, 3.63) is 59.7 Å². The Kier molecular flexibility index (Phi) is 6.30. The second-order valence-corrected chi connectivity index (χ2v) is 6.63. The maximum Gasteiger partial charge on any atom is 0.253 e. The predicted octanol–water partition coefficient (Wildman–Crippen LogP) is 2.86. The van der Waals surface area contributed by atoms with Gasteiger partial charge in [-0.05, 0) is 31.0 Å². The van der Waals surface area contributed by atoms with E-state index in [0.717, 1.165) is 31.4 Å². The molecule has 0 atom stereocenters. The van der Waals surface area contributed by atoms with Crippen LogP contribution in [0.1, 0.15) is 64.9 Å². The number of aromatic nitrogens is 2. The molecule has 6 nitrogen and oxygen atoms in total. The van der Waals surface area contributed by atoms with Crippen molar-refractivity contribution in [1.29, 1.82) is 0 Å². The Balaban J connectivity index is 1.59. The minimum absolute atomic E-state index is 0.163. The highest BCUT2D eigenvalue weighted by Crippen LogP contribution is 2.17. The van der Waals surface area contributed by atoms with Gasteiger partial charge in [-0.3, -0.25) is 19.6 Å². The number of hydrogen-bond acceptors (Lipinski definition) is 4. The molecule has 3 rings (SSSR count). The summed E-state index contributed by atoms with van der Waals surface area (Å²) in [6, 6.07) is 7.34. The Hall–Kier alpha value is -2.76. The van der Waals surface area contributed by atoms with E-state index in [4.69, 9.17) is 0 Å². The Morgan fingerprint density at radius 2 is 1.73 bits per heavy atom. The quantitative estimate of drug-likeness (QED) is 0.811. The number of carbonyl (C=O) groups is 2. The summed E-state index contributed by atoms with van der Waals surface area (Å²) in [6.07, 6.45) is 11.5. The molecule has 0 saturated heterocycles. The number of amides is 2. The van der Waals surface area contributed by atoms with E-state index in [-0.39, 0.29) is 17.9 Å². The molecule has 2 amide bonds. The normalized spacial score (nSPS) is 15.1. The van der Waals surface area contributed by atoms with Gasteiger partial charge in [0, 0.05) is 24.6 Å². The van der Waals surface area contributed by atoms with Gasteiger partial charge >= 0.3 is 0 Å². The van der Waals surface area contributed by atoms with Crippen LogP contribution in [0.3, 0.4) is 0 Å². The van der Waals surface area contributed by atoms with Crippen LogP contribution in [0.5, 0.6) is 0 Å². The minimum atomic E-state index is -0.271. The maximum atomic E-state index is 12.5. The van der Waals surface area contributed by atoms with Gasteiger partial charge in [0.2, 0.25) is 0 Å². The zero-order valence-corrected chi connectivity index (χ0v) is 14.8. The van der Waals surface area contributed by atoms with Crippen LogP contribution in [-0.2, 0) is 6.54 Å². The molecule has 2 aromatic heterocycles. The second kappa shape index (κ2) is 9.08. The lowest BCUT2D eigenvalue weighted by molar-refractivity contribution is 0.0933. The molecule has 1 saturated carbocycles. The summed E-state index contributed by atoms with van der Waals surface area (Å²) in [6.45, 7) is 0.332. The van der Waals surface area contributed by atoms with Gasteiger partial charge in [0.15, 0.2) is 0 Å². The summed E-state index contributed by atoms with van der Waals surface area (Å²) >= 11 is 0. The SMILES string of the molecule is O=C(NCc1ccccn1)c1cncc(C(=O)NC2CCCCCC2)c1. The highest BCUT2D eigenvalue weighted by atomic mass is 16.2. The highest BCUT2D eigenvalue weighted by molar-refractivity contribution is 5.99. The van der Waals surface area contributed by atoms with Crippen molar-refractivity contribution in [2.45, 2.75) is 51.1 Å². The van der Waals surface area contributed by atoms with Crippen molar-refractivity contribution < 1.29 is 9.59 Å². The second-order valence-electron chi connectivity index (χ2n) is 6.63. The van der Waals surface area contributed by atoms with Crippen molar-refractivity contribution in [3.8, 4) is 0 Å². The van der Waals surface area contributed by atoms with Gasteiger partial charge in [-0.1, -0.05) is 31.7 Å². The Labute approximate surface area is 153 Å². The lowest BCUT2D eigenvalue weighted by Crippen LogP contribution is -2.34. The molecule has 2 heterocycles. The number of carbonyl (C=O) groups excluding carboxylic acids is 2. The molecule has 0 unspecified atom stereocenters. The fraction of sp³-hybridized carbons (Fsp3) is 0.400. The van der Waals surface area contributed by atoms with Crippen LogP contribution in [0.15, 0.2) is 42.9 Å². The average molecular weight is 352 g/mol. The van der Waals surface area contributed by atoms with Crippen molar-refractivity contribution in [2.24, 2.45) is 0 Å². The first-order chi connectivity index (χ1) is 12.7. The number of pyridine rings is 2. The minimum Gasteiger partial charge on any atom is -0.349 e. The number of rotatable bonds is 5. The topological polar surface area (TPSA) is 84.0 Å². The molecular formula is C20H24N4O2. The van der Waals surface area contributed by atoms with E-state index < -0.39 is 0 Å². The molecule has 0 spiro atoms. The summed E-state index contributed by atoms with van der Waals surface area (Å²) in [7, 11) is 0. The molecule has 1 aliphatic rings. The standard InChI is InChI=1S/C20H24N4O2/c25-19(23-14-18-9-5-6-10-22-18)15-11-16(13-21-12-15)20(26)24-17-7-3-1-2-4-8-17/h5-6,9-13,17H,1-4,7-8,14H2,(H,23,25)(H,24,26). The van der Waals surface area contributed by atoms with Crippen molar-refractivity contribution in [1.82, 2.24) is 20.6 Å². The van der Waals surface area contributed by atoms with Crippen LogP contribution < -0.4 is 10.6 Å². The summed E-state index contributed by atoms with van der Waals surface area (Å²) < 4.78 is 0. The van der Waals surface area contributed by atoms with Crippen LogP contribution in [0.2, 0.25) is 0 Å². The summed E-state index contributed by atoms with van der Waals surface area (Å²) in [5.41, 5.74) is 1.56. The Morgan fingerprint density at radius 3 is 2.42 bits per heavy atom. The lowest BCUT2D eigenvalue weighted by atomic mass is 10.1. The number of nitrogens with zero attached hydrogens (tertiary/aromatic N) is 2. The molecule has 0 radical (unpaired) electrons. The van der Waals surface area contributed by atoms with Gasteiger partial charge in [-0.2, -0.15) is 0 Å². The van der Waals surface area contributed by atoms with E-state index in [2.05, 4.69) is 20.6 Å². The molecule has 1 aliphatic carbocycles. The number of hydrogen-bond donors (Lipinski definition) is 2. The van der Waals surface area contributed by atoms with E-state index in [0.29, 0.717) is 17.7 Å². The van der Waals surface area contributed by atoms with Crippen molar-refractivity contribution in [2.75, 3.05) is 0 Å². The third-order valence-corrected chi connectivity index (χ3v) is 4.61. The predicted molar refractivity (Wildman–Crippen MR) is 98.6 cm³/mol. The summed E-state index contributed by atoms with van der Waals surface area (Å²) in [4.78, 5) is 33.0. The first-order valence-corrected chi connectivity index (χ1v) is 9.16. The molecule has 136 valence electrons. The average Bonchev–Trinajstić information content (AvgIpc) is 2.95. The van der Waals surface area contributed by atoms with E-state index in [1.807, 2.05) is 18.2 Å². The third kappa shape index (κ3) is 5.12. The van der Waals surface area contributed by atoms with Crippen LogP contribution in [0.25, 0.3) is 0 Å². The fourth-order valence-electron chi connectivity index (χ4n) is 3.16. The summed E-state index contributed by atoms with van der Waals surface area (Å²) in [5.74, 6) is -0.434. The smallest absolute Gasteiger partial charge is 0.253 e. The third-order valence-electron chi connectivity index (χ3n) is 4.61. The Morgan fingerprint density at radius 1 is 1.00 bits per heavy atom. The monoisotopic (exact) mass is 352 g/mol.